The molecule has 2 nitrogen and oxygen atoms in total. The number of ether oxygens (including phenoxy) is 1. The van der Waals surface area contributed by atoms with Crippen LogP contribution in [0.5, 0.6) is 0 Å². The molecule has 20 heavy (non-hydrogen) atoms. The van der Waals surface area contributed by atoms with E-state index in [0.29, 0.717) is 5.41 Å². The molecule has 118 valence electrons. The minimum absolute atomic E-state index is 0.259. The molecule has 1 heterocycles. The fourth-order valence-corrected chi connectivity index (χ4v) is 4.16. The van der Waals surface area contributed by atoms with Crippen molar-refractivity contribution in [3.63, 3.8) is 0 Å². The first-order chi connectivity index (χ1) is 9.58. The van der Waals surface area contributed by atoms with Gasteiger partial charge in [0.25, 0.3) is 0 Å². The van der Waals surface area contributed by atoms with Crippen LogP contribution in [0.25, 0.3) is 0 Å². The van der Waals surface area contributed by atoms with Gasteiger partial charge in [0.2, 0.25) is 0 Å². The lowest BCUT2D eigenvalue weighted by atomic mass is 9.66. The van der Waals surface area contributed by atoms with E-state index in [-0.39, 0.29) is 5.60 Å². The molecule has 1 unspecified atom stereocenters. The molecule has 1 saturated heterocycles. The highest BCUT2D eigenvalue weighted by atomic mass is 16.5. The van der Waals surface area contributed by atoms with E-state index in [2.05, 4.69) is 26.1 Å². The molecule has 1 aliphatic heterocycles. The van der Waals surface area contributed by atoms with E-state index >= 15 is 0 Å². The van der Waals surface area contributed by atoms with Crippen molar-refractivity contribution in [3.8, 4) is 0 Å². The lowest BCUT2D eigenvalue weighted by Crippen LogP contribution is -2.45. The predicted octanol–water partition coefficient (Wildman–Crippen LogP) is 4.53. The molecule has 0 radical (unpaired) electrons. The third-order valence-electron chi connectivity index (χ3n) is 5.74. The van der Waals surface area contributed by atoms with Crippen molar-refractivity contribution in [1.82, 2.24) is 5.32 Å². The minimum Gasteiger partial charge on any atom is -0.375 e. The molecule has 2 aliphatic rings. The summed E-state index contributed by atoms with van der Waals surface area (Å²) in [6.45, 7) is 10.5. The van der Waals surface area contributed by atoms with Crippen molar-refractivity contribution in [1.29, 1.82) is 0 Å². The first-order valence-corrected chi connectivity index (χ1v) is 8.93. The van der Waals surface area contributed by atoms with Crippen LogP contribution in [0.3, 0.4) is 0 Å². The molecule has 2 fully saturated rings. The zero-order valence-corrected chi connectivity index (χ0v) is 14.0. The Morgan fingerprint density at radius 3 is 2.60 bits per heavy atom. The fourth-order valence-electron chi connectivity index (χ4n) is 4.16. The van der Waals surface area contributed by atoms with Crippen LogP contribution < -0.4 is 5.32 Å². The molecule has 1 atom stereocenters. The van der Waals surface area contributed by atoms with Crippen LogP contribution in [0.15, 0.2) is 0 Å². The Bertz CT molecular complexity index is 276. The van der Waals surface area contributed by atoms with E-state index in [0.717, 1.165) is 19.1 Å². The van der Waals surface area contributed by atoms with Crippen LogP contribution >= 0.6 is 0 Å². The molecule has 1 spiro atoms. The van der Waals surface area contributed by atoms with Crippen LogP contribution in [0.4, 0.5) is 0 Å². The largest absolute Gasteiger partial charge is 0.375 e. The van der Waals surface area contributed by atoms with E-state index < -0.39 is 0 Å². The number of nitrogens with one attached hydrogen (secondary N) is 1. The van der Waals surface area contributed by atoms with Crippen LogP contribution in [0, 0.1) is 11.3 Å². The van der Waals surface area contributed by atoms with Crippen molar-refractivity contribution in [2.24, 2.45) is 11.3 Å². The Hall–Kier alpha value is -0.0800. The molecule has 0 bridgehead atoms. The highest BCUT2D eigenvalue weighted by molar-refractivity contribution is 4.93. The van der Waals surface area contributed by atoms with Gasteiger partial charge >= 0.3 is 0 Å². The van der Waals surface area contributed by atoms with Crippen molar-refractivity contribution in [2.75, 3.05) is 19.7 Å². The third-order valence-corrected chi connectivity index (χ3v) is 5.74. The highest BCUT2D eigenvalue weighted by Crippen LogP contribution is 2.47. The summed E-state index contributed by atoms with van der Waals surface area (Å²) in [5.74, 6) is 0.845. The predicted molar refractivity (Wildman–Crippen MR) is 86.1 cm³/mol. The van der Waals surface area contributed by atoms with Gasteiger partial charge in [-0.25, -0.2) is 0 Å². The van der Waals surface area contributed by atoms with Crippen molar-refractivity contribution < 1.29 is 4.74 Å². The van der Waals surface area contributed by atoms with Crippen molar-refractivity contribution in [2.45, 2.75) is 84.2 Å². The normalized spacial score (nSPS) is 26.9. The smallest absolute Gasteiger partial charge is 0.0685 e. The van der Waals surface area contributed by atoms with E-state index in [1.54, 1.807) is 0 Å². The molecule has 1 aliphatic carbocycles. The third kappa shape index (κ3) is 4.21. The van der Waals surface area contributed by atoms with Gasteiger partial charge < -0.3 is 10.1 Å². The maximum absolute atomic E-state index is 6.26. The maximum Gasteiger partial charge on any atom is 0.0685 e. The summed E-state index contributed by atoms with van der Waals surface area (Å²) in [6, 6.07) is 0. The number of hydrogen-bond acceptors (Lipinski definition) is 2. The summed E-state index contributed by atoms with van der Waals surface area (Å²) < 4.78 is 6.26. The summed E-state index contributed by atoms with van der Waals surface area (Å²) in [5.41, 5.74) is 0.713. The van der Waals surface area contributed by atoms with Crippen molar-refractivity contribution in [3.05, 3.63) is 0 Å². The molecule has 1 N–H and O–H groups in total. The summed E-state index contributed by atoms with van der Waals surface area (Å²) in [7, 11) is 0. The summed E-state index contributed by atoms with van der Waals surface area (Å²) in [4.78, 5) is 0. The van der Waals surface area contributed by atoms with Crippen LogP contribution in [0.1, 0.15) is 78.6 Å². The lowest BCUT2D eigenvalue weighted by molar-refractivity contribution is -0.134. The monoisotopic (exact) mass is 281 g/mol. The van der Waals surface area contributed by atoms with Crippen LogP contribution in [0.2, 0.25) is 0 Å². The topological polar surface area (TPSA) is 21.3 Å². The molecule has 0 amide bonds. The van der Waals surface area contributed by atoms with E-state index in [1.807, 2.05) is 0 Å². The van der Waals surface area contributed by atoms with Gasteiger partial charge in [0.1, 0.15) is 0 Å². The SMILES string of the molecule is CCCNCCC(C)(C)C1CCOC2(CCCCC2)C1. The first-order valence-electron chi connectivity index (χ1n) is 8.93. The Kier molecular flexibility index (Phi) is 5.92. The molecule has 1 saturated carbocycles. The van der Waals surface area contributed by atoms with Gasteiger partial charge in [-0.15, -0.1) is 0 Å². The lowest BCUT2D eigenvalue weighted by Gasteiger charge is -2.48. The second-order valence-electron chi connectivity index (χ2n) is 7.77. The molecule has 2 heteroatoms. The highest BCUT2D eigenvalue weighted by Gasteiger charge is 2.42. The summed E-state index contributed by atoms with van der Waals surface area (Å²) in [5, 5.41) is 3.57. The second kappa shape index (κ2) is 7.26. The number of hydrogen-bond donors (Lipinski definition) is 1. The van der Waals surface area contributed by atoms with Crippen molar-refractivity contribution >= 4 is 0 Å². The summed E-state index contributed by atoms with van der Waals surface area (Å²) in [6.07, 6.45) is 11.9. The average Bonchev–Trinajstić information content (AvgIpc) is 2.45. The first kappa shape index (κ1) is 16.3. The quantitative estimate of drug-likeness (QED) is 0.722. The van der Waals surface area contributed by atoms with E-state index in [4.69, 9.17) is 4.74 Å². The molecule has 0 aromatic rings. The van der Waals surface area contributed by atoms with Gasteiger partial charge in [-0.2, -0.15) is 0 Å². The van der Waals surface area contributed by atoms with E-state index in [9.17, 15) is 0 Å². The Balaban J connectivity index is 1.86. The van der Waals surface area contributed by atoms with Gasteiger partial charge in [-0.1, -0.05) is 40.0 Å². The average molecular weight is 281 g/mol. The van der Waals surface area contributed by atoms with E-state index in [1.165, 1.54) is 64.3 Å². The van der Waals surface area contributed by atoms with Gasteiger partial charge in [-0.3, -0.25) is 0 Å². The minimum atomic E-state index is 0.259. The zero-order chi connectivity index (χ0) is 14.5. The maximum atomic E-state index is 6.26. The zero-order valence-electron chi connectivity index (χ0n) is 14.0. The van der Waals surface area contributed by atoms with Gasteiger partial charge in [0.15, 0.2) is 0 Å². The molecule has 0 aromatic carbocycles. The second-order valence-corrected chi connectivity index (χ2v) is 7.77. The Labute approximate surface area is 126 Å². The molecule has 2 rings (SSSR count). The van der Waals surface area contributed by atoms with Crippen LogP contribution in [-0.2, 0) is 4.74 Å². The Morgan fingerprint density at radius 2 is 1.90 bits per heavy atom. The fraction of sp³-hybridized carbons (Fsp3) is 1.00. The Morgan fingerprint density at radius 1 is 1.15 bits per heavy atom. The molecular formula is C18H35NO. The molecule has 0 aromatic heterocycles. The molecular weight excluding hydrogens is 246 g/mol. The van der Waals surface area contributed by atoms with Gasteiger partial charge in [-0.05, 0) is 62.9 Å². The summed E-state index contributed by atoms with van der Waals surface area (Å²) >= 11 is 0. The number of rotatable bonds is 6. The van der Waals surface area contributed by atoms with Crippen LogP contribution in [-0.4, -0.2) is 25.3 Å². The standard InChI is InChI=1S/C18H35NO/c1-4-12-19-13-11-17(2,3)16-8-14-20-18(15-16)9-6-5-7-10-18/h16,19H,4-15H2,1-3H3. The van der Waals surface area contributed by atoms with Gasteiger partial charge in [0, 0.05) is 6.61 Å². The van der Waals surface area contributed by atoms with Gasteiger partial charge in [0.05, 0.1) is 5.60 Å².